The Morgan fingerprint density at radius 1 is 1.44 bits per heavy atom. The van der Waals surface area contributed by atoms with E-state index in [-0.39, 0.29) is 11.8 Å². The minimum atomic E-state index is -0.502. The highest BCUT2D eigenvalue weighted by Gasteiger charge is 2.17. The van der Waals surface area contributed by atoms with Crippen LogP contribution in [0.2, 0.25) is 0 Å². The predicted molar refractivity (Wildman–Crippen MR) is 53.9 cm³/mol. The van der Waals surface area contributed by atoms with Crippen LogP contribution in [0.25, 0.3) is 5.78 Å². The first kappa shape index (κ1) is 10.5. The maximum Gasteiger partial charge on any atom is 0.361 e. The van der Waals surface area contributed by atoms with Gasteiger partial charge in [-0.1, -0.05) is 0 Å². The van der Waals surface area contributed by atoms with Crippen molar-refractivity contribution in [2.75, 3.05) is 0 Å². The summed E-state index contributed by atoms with van der Waals surface area (Å²) in [6.45, 7) is 5.26. The summed E-state index contributed by atoms with van der Waals surface area (Å²) in [6.07, 6.45) is 1.16. The summed E-state index contributed by atoms with van der Waals surface area (Å²) >= 11 is 0. The van der Waals surface area contributed by atoms with Gasteiger partial charge in [0, 0.05) is 0 Å². The first-order valence-corrected chi connectivity index (χ1v) is 4.83. The molecule has 0 amide bonds. The number of carbonyl (C=O) groups is 1. The lowest BCUT2D eigenvalue weighted by molar-refractivity contribution is 0.0367. The summed E-state index contributed by atoms with van der Waals surface area (Å²) in [5.41, 5.74) is 0.722. The van der Waals surface area contributed by atoms with Gasteiger partial charge in [0.15, 0.2) is 5.69 Å². The second-order valence-electron chi connectivity index (χ2n) is 3.56. The highest BCUT2D eigenvalue weighted by atomic mass is 16.5. The van der Waals surface area contributed by atoms with E-state index in [9.17, 15) is 4.79 Å². The number of hydrogen-bond donors (Lipinski definition) is 0. The fourth-order valence-electron chi connectivity index (χ4n) is 1.27. The molecule has 0 aliphatic rings. The predicted octanol–water partition coefficient (Wildman–Crippen LogP) is 0.393. The number of esters is 1. The summed E-state index contributed by atoms with van der Waals surface area (Å²) in [4.78, 5) is 15.5. The Balaban J connectivity index is 2.44. The van der Waals surface area contributed by atoms with Gasteiger partial charge in [0.2, 0.25) is 0 Å². The van der Waals surface area contributed by atoms with Crippen LogP contribution in [0.15, 0.2) is 6.33 Å². The zero-order chi connectivity index (χ0) is 11.7. The fourth-order valence-corrected chi connectivity index (χ4v) is 1.27. The molecule has 0 atom stereocenters. The van der Waals surface area contributed by atoms with E-state index in [0.29, 0.717) is 11.5 Å². The first-order valence-electron chi connectivity index (χ1n) is 4.83. The molecule has 0 aliphatic carbocycles. The first-order chi connectivity index (χ1) is 7.59. The van der Waals surface area contributed by atoms with E-state index in [1.807, 2.05) is 0 Å². The molecule has 0 unspecified atom stereocenters. The quantitative estimate of drug-likeness (QED) is 0.682. The third-order valence-electron chi connectivity index (χ3n) is 1.97. The Labute approximate surface area is 91.5 Å². The molecule has 2 rings (SSSR count). The molecule has 0 saturated heterocycles. The third-order valence-corrected chi connectivity index (χ3v) is 1.97. The lowest BCUT2D eigenvalue weighted by Gasteiger charge is -2.08. The number of aromatic nitrogens is 5. The zero-order valence-corrected chi connectivity index (χ0v) is 9.21. The molecular weight excluding hydrogens is 210 g/mol. The number of aryl methyl sites for hydroxylation is 1. The maximum absolute atomic E-state index is 11.7. The van der Waals surface area contributed by atoms with Crippen LogP contribution in [-0.4, -0.2) is 36.9 Å². The molecule has 0 aromatic carbocycles. The number of ether oxygens (including phenoxy) is 1. The molecule has 0 bridgehead atoms. The van der Waals surface area contributed by atoms with Gasteiger partial charge in [0.05, 0.1) is 11.8 Å². The van der Waals surface area contributed by atoms with Crippen LogP contribution in [-0.2, 0) is 4.74 Å². The van der Waals surface area contributed by atoms with Crippen molar-refractivity contribution >= 4 is 11.7 Å². The minimum Gasteiger partial charge on any atom is -0.458 e. The van der Waals surface area contributed by atoms with Crippen molar-refractivity contribution in [2.45, 2.75) is 26.9 Å². The Bertz CT molecular complexity index is 534. The molecule has 0 fully saturated rings. The van der Waals surface area contributed by atoms with Gasteiger partial charge >= 0.3 is 5.97 Å². The van der Waals surface area contributed by atoms with E-state index in [2.05, 4.69) is 20.3 Å². The standard InChI is InChI=1S/C9H11N5O2/c1-5(2)16-8(15)7-6(3)14-9(13-12-7)10-4-11-14/h4-5H,1-3H3. The van der Waals surface area contributed by atoms with Crippen LogP contribution in [0.4, 0.5) is 0 Å². The van der Waals surface area contributed by atoms with Gasteiger partial charge in [-0.25, -0.2) is 4.79 Å². The van der Waals surface area contributed by atoms with Gasteiger partial charge in [0.25, 0.3) is 5.78 Å². The minimum absolute atomic E-state index is 0.159. The summed E-state index contributed by atoms with van der Waals surface area (Å²) in [5.74, 6) is -0.143. The van der Waals surface area contributed by atoms with Crippen LogP contribution in [0.1, 0.15) is 30.0 Å². The van der Waals surface area contributed by atoms with Crippen LogP contribution in [0.3, 0.4) is 0 Å². The van der Waals surface area contributed by atoms with Crippen LogP contribution >= 0.6 is 0 Å². The van der Waals surface area contributed by atoms with Gasteiger partial charge < -0.3 is 4.74 Å². The Morgan fingerprint density at radius 2 is 2.19 bits per heavy atom. The van der Waals surface area contributed by atoms with Gasteiger partial charge in [-0.15, -0.1) is 10.2 Å². The van der Waals surface area contributed by atoms with Crippen molar-refractivity contribution in [3.63, 3.8) is 0 Å². The van der Waals surface area contributed by atoms with Crippen LogP contribution < -0.4 is 0 Å². The normalized spacial score (nSPS) is 11.0. The average molecular weight is 221 g/mol. The topological polar surface area (TPSA) is 82.3 Å². The molecule has 0 spiro atoms. The smallest absolute Gasteiger partial charge is 0.361 e. The SMILES string of the molecule is Cc1c(C(=O)OC(C)C)nnc2ncnn12. The molecule has 2 aromatic heterocycles. The molecule has 16 heavy (non-hydrogen) atoms. The van der Waals surface area contributed by atoms with Crippen molar-refractivity contribution in [1.29, 1.82) is 0 Å². The lowest BCUT2D eigenvalue weighted by Crippen LogP contribution is -2.17. The molecule has 84 valence electrons. The van der Waals surface area contributed by atoms with Crippen LogP contribution in [0.5, 0.6) is 0 Å². The third kappa shape index (κ3) is 1.71. The largest absolute Gasteiger partial charge is 0.458 e. The summed E-state index contributed by atoms with van der Waals surface area (Å²) in [5, 5.41) is 11.5. The van der Waals surface area contributed by atoms with Crippen LogP contribution in [0, 0.1) is 6.92 Å². The van der Waals surface area contributed by atoms with E-state index >= 15 is 0 Å². The molecule has 0 aliphatic heterocycles. The van der Waals surface area contributed by atoms with Gasteiger partial charge in [0.1, 0.15) is 6.33 Å². The number of fused-ring (bicyclic) bond motifs is 1. The molecular formula is C9H11N5O2. The van der Waals surface area contributed by atoms with Crippen molar-refractivity contribution in [3.8, 4) is 0 Å². The zero-order valence-electron chi connectivity index (χ0n) is 9.21. The van der Waals surface area contributed by atoms with E-state index in [1.54, 1.807) is 20.8 Å². The number of rotatable bonds is 2. The Kier molecular flexibility index (Phi) is 2.51. The monoisotopic (exact) mass is 221 g/mol. The molecule has 7 nitrogen and oxygen atoms in total. The number of nitrogens with zero attached hydrogens (tertiary/aromatic N) is 5. The second kappa shape index (κ2) is 3.84. The van der Waals surface area contributed by atoms with E-state index in [4.69, 9.17) is 4.74 Å². The highest BCUT2D eigenvalue weighted by molar-refractivity contribution is 5.88. The Hall–Kier alpha value is -2.05. The Morgan fingerprint density at radius 3 is 2.88 bits per heavy atom. The van der Waals surface area contributed by atoms with E-state index < -0.39 is 5.97 Å². The van der Waals surface area contributed by atoms with Crippen molar-refractivity contribution in [2.24, 2.45) is 0 Å². The van der Waals surface area contributed by atoms with E-state index in [1.165, 1.54) is 10.8 Å². The molecule has 0 saturated carbocycles. The fraction of sp³-hybridized carbons (Fsp3) is 0.444. The molecule has 0 radical (unpaired) electrons. The van der Waals surface area contributed by atoms with Crippen molar-refractivity contribution < 1.29 is 9.53 Å². The number of hydrogen-bond acceptors (Lipinski definition) is 6. The summed E-state index contributed by atoms with van der Waals surface area (Å²) < 4.78 is 6.49. The molecule has 2 aromatic rings. The van der Waals surface area contributed by atoms with Gasteiger partial charge in [-0.2, -0.15) is 14.6 Å². The van der Waals surface area contributed by atoms with Crippen molar-refractivity contribution in [3.05, 3.63) is 17.7 Å². The van der Waals surface area contributed by atoms with E-state index in [0.717, 1.165) is 0 Å². The molecule has 7 heteroatoms. The highest BCUT2D eigenvalue weighted by Crippen LogP contribution is 2.07. The van der Waals surface area contributed by atoms with Gasteiger partial charge in [-0.3, -0.25) is 0 Å². The molecule has 0 N–H and O–H groups in total. The number of carbonyl (C=O) groups excluding carboxylic acids is 1. The average Bonchev–Trinajstić information content (AvgIpc) is 2.65. The van der Waals surface area contributed by atoms with Gasteiger partial charge in [-0.05, 0) is 20.8 Å². The lowest BCUT2D eigenvalue weighted by atomic mass is 10.3. The molecule has 2 heterocycles. The summed E-state index contributed by atoms with van der Waals surface area (Å²) in [6, 6.07) is 0. The summed E-state index contributed by atoms with van der Waals surface area (Å²) in [7, 11) is 0. The van der Waals surface area contributed by atoms with Crippen molar-refractivity contribution in [1.82, 2.24) is 24.8 Å². The second-order valence-corrected chi connectivity index (χ2v) is 3.56. The maximum atomic E-state index is 11.7.